The quantitative estimate of drug-likeness (QED) is 0.0792. The lowest BCUT2D eigenvalue weighted by Crippen LogP contribution is -2.26. The zero-order chi connectivity index (χ0) is 48.0. The average molecular weight is 919 g/mol. The molecule has 11 rings (SSSR count). The number of benzene rings is 9. The van der Waals surface area contributed by atoms with E-state index in [2.05, 4.69) is 241 Å². The number of para-hydroxylation sites is 2. The number of hydrogen-bond acceptors (Lipinski definition) is 2. The maximum atomic E-state index is 4.10. The van der Waals surface area contributed by atoms with Crippen molar-refractivity contribution >= 4 is 61.7 Å². The molecule has 0 spiro atoms. The van der Waals surface area contributed by atoms with E-state index in [9.17, 15) is 0 Å². The standard InChI is InChI=1S/C69H62N2/c1-3-51-25-19-27-53(47-51)23-15-17-45-69(46-18-16-24-54-28-20-26-52(4-2)48-54)65-49-59(70(57-33-7-5-8-34-57)67-39-21-31-55-29-11-13-37-61(55)67)41-43-63(65)64-44-42-60(50-66(64)69)71(58-35-9-6-10-36-58)68-40-22-32-56-30-12-14-38-62(56)68/h3-14,19,21-22,25-27,29-44,47-50H,1-2,15-18,20,23-24,28,45-46H2. The highest BCUT2D eigenvalue weighted by Gasteiger charge is 2.43. The van der Waals surface area contributed by atoms with Gasteiger partial charge in [0.15, 0.2) is 0 Å². The minimum absolute atomic E-state index is 0.241. The molecule has 0 aromatic heterocycles. The van der Waals surface area contributed by atoms with Gasteiger partial charge in [0.25, 0.3) is 0 Å². The highest BCUT2D eigenvalue weighted by molar-refractivity contribution is 6.01. The topological polar surface area (TPSA) is 6.48 Å². The van der Waals surface area contributed by atoms with E-state index in [-0.39, 0.29) is 5.41 Å². The van der Waals surface area contributed by atoms with Crippen LogP contribution < -0.4 is 9.80 Å². The number of anilines is 6. The molecule has 0 N–H and O–H groups in total. The molecule has 2 nitrogen and oxygen atoms in total. The van der Waals surface area contributed by atoms with Gasteiger partial charge in [0, 0.05) is 38.9 Å². The van der Waals surface area contributed by atoms with E-state index in [1.165, 1.54) is 83.2 Å². The van der Waals surface area contributed by atoms with Crippen LogP contribution in [0.3, 0.4) is 0 Å². The van der Waals surface area contributed by atoms with Crippen molar-refractivity contribution in [2.75, 3.05) is 9.80 Å². The number of hydrogen-bond donors (Lipinski definition) is 0. The molecule has 0 fully saturated rings. The molecular weight excluding hydrogens is 857 g/mol. The normalized spacial score (nSPS) is 13.5. The number of allylic oxidation sites excluding steroid dienone is 5. The maximum absolute atomic E-state index is 4.10. The fraction of sp³-hybridized carbons (Fsp3) is 0.159. The molecule has 2 aliphatic carbocycles. The Morgan fingerprint density at radius 3 is 1.54 bits per heavy atom. The SMILES string of the molecule is C=CC1=CCCC(CCCCC2(CCCCc3cccc(C=C)c3)c3cc(N(c4ccccc4)c4cccc5ccccc45)ccc3-c3ccc(N(c4ccccc4)c4cccc5ccccc45)cc32)=C1. The largest absolute Gasteiger partial charge is 0.310 e. The van der Waals surface area contributed by atoms with Crippen molar-refractivity contribution < 1.29 is 0 Å². The monoisotopic (exact) mass is 918 g/mol. The summed E-state index contributed by atoms with van der Waals surface area (Å²) < 4.78 is 0. The highest BCUT2D eigenvalue weighted by atomic mass is 15.1. The second-order valence-electron chi connectivity index (χ2n) is 19.5. The number of rotatable bonds is 18. The van der Waals surface area contributed by atoms with E-state index in [1.54, 1.807) is 5.57 Å². The zero-order valence-corrected chi connectivity index (χ0v) is 40.8. The summed E-state index contributed by atoms with van der Waals surface area (Å²) in [7, 11) is 0. The second kappa shape index (κ2) is 20.6. The van der Waals surface area contributed by atoms with E-state index in [1.807, 2.05) is 12.2 Å². The molecule has 0 unspecified atom stereocenters. The van der Waals surface area contributed by atoms with Crippen molar-refractivity contribution in [2.24, 2.45) is 0 Å². The van der Waals surface area contributed by atoms with Crippen molar-refractivity contribution in [3.63, 3.8) is 0 Å². The molecule has 9 aromatic carbocycles. The first-order chi connectivity index (χ1) is 35.1. The summed E-state index contributed by atoms with van der Waals surface area (Å²) in [4.78, 5) is 4.98. The van der Waals surface area contributed by atoms with Crippen molar-refractivity contribution in [1.82, 2.24) is 0 Å². The number of unbranched alkanes of at least 4 members (excludes halogenated alkanes) is 2. The van der Waals surface area contributed by atoms with Crippen molar-refractivity contribution in [3.8, 4) is 11.1 Å². The van der Waals surface area contributed by atoms with Crippen LogP contribution >= 0.6 is 0 Å². The molecule has 0 heterocycles. The molecule has 0 bridgehead atoms. The second-order valence-corrected chi connectivity index (χ2v) is 19.5. The Hall–Kier alpha value is -7.94. The predicted octanol–water partition coefficient (Wildman–Crippen LogP) is 19.6. The lowest BCUT2D eigenvalue weighted by atomic mass is 9.70. The van der Waals surface area contributed by atoms with E-state index >= 15 is 0 Å². The first kappa shape index (κ1) is 45.5. The van der Waals surface area contributed by atoms with Crippen LogP contribution in [0, 0.1) is 0 Å². The average Bonchev–Trinajstić information content (AvgIpc) is 3.69. The van der Waals surface area contributed by atoms with Crippen LogP contribution in [-0.2, 0) is 11.8 Å². The van der Waals surface area contributed by atoms with Gasteiger partial charge in [0.1, 0.15) is 0 Å². The third kappa shape index (κ3) is 9.19. The Morgan fingerprint density at radius 1 is 0.451 bits per heavy atom. The summed E-state index contributed by atoms with van der Waals surface area (Å²) in [6, 6.07) is 76.7. The third-order valence-electron chi connectivity index (χ3n) is 15.2. The van der Waals surface area contributed by atoms with E-state index in [4.69, 9.17) is 0 Å². The summed E-state index contributed by atoms with van der Waals surface area (Å²) in [5, 5.41) is 4.94. The zero-order valence-electron chi connectivity index (χ0n) is 40.8. The predicted molar refractivity (Wildman–Crippen MR) is 305 cm³/mol. The number of nitrogens with zero attached hydrogens (tertiary/aromatic N) is 2. The summed E-state index contributed by atoms with van der Waals surface area (Å²) in [5.41, 5.74) is 17.8. The fourth-order valence-corrected chi connectivity index (χ4v) is 11.8. The molecule has 2 aliphatic rings. The maximum Gasteiger partial charge on any atom is 0.0540 e. The van der Waals surface area contributed by atoms with Gasteiger partial charge in [-0.05, 0) is 162 Å². The van der Waals surface area contributed by atoms with Gasteiger partial charge < -0.3 is 9.80 Å². The van der Waals surface area contributed by atoms with Gasteiger partial charge in [-0.1, -0.05) is 201 Å². The lowest BCUT2D eigenvalue weighted by Gasteiger charge is -2.35. The molecule has 0 amide bonds. The molecule has 348 valence electrons. The third-order valence-corrected chi connectivity index (χ3v) is 15.2. The summed E-state index contributed by atoms with van der Waals surface area (Å²) >= 11 is 0. The van der Waals surface area contributed by atoms with Crippen LogP contribution in [0.1, 0.15) is 80.0 Å². The van der Waals surface area contributed by atoms with Crippen molar-refractivity contribution in [3.05, 3.63) is 271 Å². The van der Waals surface area contributed by atoms with Crippen LogP contribution in [0.5, 0.6) is 0 Å². The van der Waals surface area contributed by atoms with Crippen LogP contribution in [0.25, 0.3) is 38.7 Å². The van der Waals surface area contributed by atoms with Gasteiger partial charge >= 0.3 is 0 Å². The van der Waals surface area contributed by atoms with Crippen LogP contribution in [0.15, 0.2) is 249 Å². The molecule has 0 aliphatic heterocycles. The van der Waals surface area contributed by atoms with Gasteiger partial charge in [-0.15, -0.1) is 0 Å². The molecule has 0 radical (unpaired) electrons. The summed E-state index contributed by atoms with van der Waals surface area (Å²) in [6.07, 6.45) is 19.7. The van der Waals surface area contributed by atoms with Gasteiger partial charge in [0.2, 0.25) is 0 Å². The van der Waals surface area contributed by atoms with Crippen LogP contribution in [0.2, 0.25) is 0 Å². The smallest absolute Gasteiger partial charge is 0.0540 e. The molecule has 0 atom stereocenters. The number of fused-ring (bicyclic) bond motifs is 5. The fourth-order valence-electron chi connectivity index (χ4n) is 11.8. The lowest BCUT2D eigenvalue weighted by molar-refractivity contribution is 0.407. The Bertz CT molecular complexity index is 3250. The van der Waals surface area contributed by atoms with E-state index in [0.29, 0.717) is 0 Å². The summed E-state index contributed by atoms with van der Waals surface area (Å²) in [6.45, 7) is 8.18. The van der Waals surface area contributed by atoms with Crippen molar-refractivity contribution in [2.45, 2.75) is 69.6 Å². The Labute approximate surface area is 421 Å². The molecular formula is C69H62N2. The van der Waals surface area contributed by atoms with Gasteiger partial charge in [-0.25, -0.2) is 0 Å². The molecule has 2 heteroatoms. The van der Waals surface area contributed by atoms with Gasteiger partial charge in [-0.2, -0.15) is 0 Å². The van der Waals surface area contributed by atoms with E-state index < -0.39 is 0 Å². The Morgan fingerprint density at radius 2 is 0.972 bits per heavy atom. The first-order valence-electron chi connectivity index (χ1n) is 25.8. The molecule has 0 saturated carbocycles. The number of aryl methyl sites for hydroxylation is 1. The van der Waals surface area contributed by atoms with Crippen molar-refractivity contribution in [1.29, 1.82) is 0 Å². The van der Waals surface area contributed by atoms with E-state index in [0.717, 1.165) is 75.6 Å². The molecule has 9 aromatic rings. The Kier molecular flexibility index (Phi) is 13.2. The van der Waals surface area contributed by atoms with Crippen LogP contribution in [-0.4, -0.2) is 0 Å². The van der Waals surface area contributed by atoms with Crippen LogP contribution in [0.4, 0.5) is 34.1 Å². The van der Waals surface area contributed by atoms with Gasteiger partial charge in [-0.3, -0.25) is 0 Å². The minimum atomic E-state index is -0.241. The first-order valence-corrected chi connectivity index (χ1v) is 25.8. The highest BCUT2D eigenvalue weighted by Crippen LogP contribution is 2.57. The summed E-state index contributed by atoms with van der Waals surface area (Å²) in [5.74, 6) is 0. The molecule has 0 saturated heterocycles. The van der Waals surface area contributed by atoms with Gasteiger partial charge in [0.05, 0.1) is 11.4 Å². The minimum Gasteiger partial charge on any atom is -0.310 e. The molecule has 71 heavy (non-hydrogen) atoms. The Balaban J connectivity index is 1.08.